The molecule has 0 nitrogen and oxygen atoms in total. The van der Waals surface area contributed by atoms with Crippen molar-refractivity contribution < 1.29 is 26.3 Å². The summed E-state index contributed by atoms with van der Waals surface area (Å²) in [6, 6.07) is 56.8. The average molecular weight is 855 g/mol. The van der Waals surface area contributed by atoms with Crippen LogP contribution in [0, 0.1) is 0 Å². The molecule has 6 heteroatoms. The number of benzene rings is 10. The van der Waals surface area contributed by atoms with Gasteiger partial charge < -0.3 is 0 Å². The minimum Gasteiger partial charge on any atom is -0.196 e. The molecule has 3 aliphatic carbocycles. The zero-order valence-corrected chi connectivity index (χ0v) is 34.2. The van der Waals surface area contributed by atoms with Gasteiger partial charge in [0.25, 0.3) is 17.8 Å². The van der Waals surface area contributed by atoms with Crippen molar-refractivity contribution in [3.63, 3.8) is 0 Å². The van der Waals surface area contributed by atoms with E-state index in [0.29, 0.717) is 66.8 Å². The summed E-state index contributed by atoms with van der Waals surface area (Å²) in [4.78, 5) is 0. The molecule has 10 aromatic rings. The van der Waals surface area contributed by atoms with Gasteiger partial charge in [-0.05, 0) is 148 Å². The van der Waals surface area contributed by atoms with Gasteiger partial charge >= 0.3 is 0 Å². The van der Waals surface area contributed by atoms with Gasteiger partial charge in [-0.3, -0.25) is 0 Å². The van der Waals surface area contributed by atoms with E-state index >= 15 is 26.3 Å². The van der Waals surface area contributed by atoms with E-state index in [1.54, 1.807) is 72.8 Å². The monoisotopic (exact) mass is 854 g/mol. The summed E-state index contributed by atoms with van der Waals surface area (Å²) in [5.41, 5.74) is 5.92. The summed E-state index contributed by atoms with van der Waals surface area (Å²) in [6.45, 7) is 0. The maximum atomic E-state index is 16.7. The highest BCUT2D eigenvalue weighted by Crippen LogP contribution is 2.57. The van der Waals surface area contributed by atoms with Gasteiger partial charge in [0.15, 0.2) is 0 Å². The van der Waals surface area contributed by atoms with Gasteiger partial charge in [-0.2, -0.15) is 26.3 Å². The van der Waals surface area contributed by atoms with Crippen molar-refractivity contribution in [3.05, 3.63) is 228 Å². The molecule has 0 radical (unpaired) electrons. The first kappa shape index (κ1) is 37.8. The third kappa shape index (κ3) is 5.46. The first-order valence-electron chi connectivity index (χ1n) is 21.4. The van der Waals surface area contributed by atoms with E-state index in [-0.39, 0.29) is 33.4 Å². The highest BCUT2D eigenvalue weighted by Gasteiger charge is 2.47. The Balaban J connectivity index is 0.801. The summed E-state index contributed by atoms with van der Waals surface area (Å²) in [6.07, 6.45) is 0. The molecule has 0 saturated carbocycles. The third-order valence-corrected chi connectivity index (χ3v) is 13.8. The first-order chi connectivity index (χ1) is 31.4. The number of rotatable bonds is 4. The Morgan fingerprint density at radius 2 is 0.400 bits per heavy atom. The van der Waals surface area contributed by atoms with Crippen LogP contribution in [0.1, 0.15) is 33.4 Å². The SMILES string of the molecule is FC1(F)c2cc(-c3ccc4c(c3)C(F)(F)c3cc(-c5ccc6ccccc6c5)ccc3-4)ccc2-c2ccc(-c3ccc4c(c3)C(F)(F)c3cc(-c5ccc6ccccc6c5)ccc3-4)cc21. The van der Waals surface area contributed by atoms with E-state index < -0.39 is 17.8 Å². The lowest BCUT2D eigenvalue weighted by Crippen LogP contribution is -2.12. The largest absolute Gasteiger partial charge is 0.299 e. The second-order valence-corrected chi connectivity index (χ2v) is 17.4. The minimum atomic E-state index is -3.44. The molecule has 0 unspecified atom stereocenters. The number of halogens is 6. The highest BCUT2D eigenvalue weighted by atomic mass is 19.3. The van der Waals surface area contributed by atoms with Crippen LogP contribution in [0.4, 0.5) is 26.3 Å². The van der Waals surface area contributed by atoms with E-state index in [2.05, 4.69) is 0 Å². The Bertz CT molecular complexity index is 3470. The molecule has 0 N–H and O–H groups in total. The van der Waals surface area contributed by atoms with Gasteiger partial charge in [-0.1, -0.05) is 146 Å². The quantitative estimate of drug-likeness (QED) is 0.155. The third-order valence-electron chi connectivity index (χ3n) is 13.8. The van der Waals surface area contributed by atoms with Crippen molar-refractivity contribution >= 4 is 21.5 Å². The molecule has 0 amide bonds. The number of fused-ring (bicyclic) bond motifs is 11. The van der Waals surface area contributed by atoms with Crippen molar-refractivity contribution in [3.8, 4) is 77.9 Å². The van der Waals surface area contributed by atoms with E-state index in [0.717, 1.165) is 32.7 Å². The van der Waals surface area contributed by atoms with Crippen LogP contribution < -0.4 is 0 Å². The zero-order valence-electron chi connectivity index (χ0n) is 34.2. The molecule has 0 aromatic heterocycles. The van der Waals surface area contributed by atoms with Crippen LogP contribution in [0.15, 0.2) is 194 Å². The smallest absolute Gasteiger partial charge is 0.196 e. The van der Waals surface area contributed by atoms with Crippen LogP contribution in [-0.4, -0.2) is 0 Å². The van der Waals surface area contributed by atoms with E-state index in [9.17, 15) is 0 Å². The van der Waals surface area contributed by atoms with Crippen molar-refractivity contribution in [2.75, 3.05) is 0 Å². The lowest BCUT2D eigenvalue weighted by Gasteiger charge is -2.16. The zero-order chi connectivity index (χ0) is 44.0. The molecule has 0 saturated heterocycles. The molecule has 0 heterocycles. The standard InChI is InChI=1S/C59H32F6/c60-57(61)51-27-39(37-11-9-33-5-1-3-7-35(33)25-37)13-19-45(51)47-21-15-41(29-53(47)57)43-17-23-49-50-24-18-44(32-56(50)59(64,65)55(49)31-43)42-16-22-48-46-20-14-40(28-52(46)58(62,63)54(48)30-42)38-12-10-34-6-2-4-8-36(34)26-38/h1-32H. The molecular formula is C59H32F6. The highest BCUT2D eigenvalue weighted by molar-refractivity contribution is 5.92. The predicted octanol–water partition coefficient (Wildman–Crippen LogP) is 17.0. The van der Waals surface area contributed by atoms with Gasteiger partial charge in [0.2, 0.25) is 0 Å². The second kappa shape index (κ2) is 13.2. The Morgan fingerprint density at radius 3 is 0.646 bits per heavy atom. The first-order valence-corrected chi connectivity index (χ1v) is 21.4. The molecule has 10 aromatic carbocycles. The summed E-state index contributed by atoms with van der Waals surface area (Å²) in [5.74, 6) is -10.1. The fraction of sp³-hybridized carbons (Fsp3) is 0.0508. The number of hydrogen-bond donors (Lipinski definition) is 0. The molecule has 65 heavy (non-hydrogen) atoms. The van der Waals surface area contributed by atoms with Crippen molar-refractivity contribution in [2.24, 2.45) is 0 Å². The van der Waals surface area contributed by atoms with Crippen LogP contribution >= 0.6 is 0 Å². The summed E-state index contributed by atoms with van der Waals surface area (Å²) < 4.78 is 99.0. The fourth-order valence-electron chi connectivity index (χ4n) is 10.5. The lowest BCUT2D eigenvalue weighted by molar-refractivity contribution is 0.0473. The van der Waals surface area contributed by atoms with Gasteiger partial charge in [0, 0.05) is 33.4 Å². The maximum absolute atomic E-state index is 16.7. The van der Waals surface area contributed by atoms with Gasteiger partial charge in [0.1, 0.15) is 0 Å². The molecular weight excluding hydrogens is 823 g/mol. The van der Waals surface area contributed by atoms with Crippen LogP contribution in [-0.2, 0) is 17.8 Å². The van der Waals surface area contributed by atoms with E-state index in [1.807, 2.05) is 97.1 Å². The molecule has 310 valence electrons. The van der Waals surface area contributed by atoms with Crippen LogP contribution in [0.3, 0.4) is 0 Å². The normalized spacial score (nSPS) is 15.3. The van der Waals surface area contributed by atoms with E-state index in [4.69, 9.17) is 0 Å². The Morgan fingerprint density at radius 1 is 0.200 bits per heavy atom. The topological polar surface area (TPSA) is 0 Å². The fourth-order valence-corrected chi connectivity index (χ4v) is 10.5. The van der Waals surface area contributed by atoms with Gasteiger partial charge in [0.05, 0.1) is 0 Å². The summed E-state index contributed by atoms with van der Waals surface area (Å²) >= 11 is 0. The molecule has 0 aliphatic heterocycles. The van der Waals surface area contributed by atoms with Gasteiger partial charge in [-0.15, -0.1) is 0 Å². The van der Waals surface area contributed by atoms with Crippen LogP contribution in [0.25, 0.3) is 99.4 Å². The second-order valence-electron chi connectivity index (χ2n) is 17.4. The Labute approximate surface area is 369 Å². The predicted molar refractivity (Wildman–Crippen MR) is 248 cm³/mol. The van der Waals surface area contributed by atoms with Crippen molar-refractivity contribution in [1.29, 1.82) is 0 Å². The molecule has 0 spiro atoms. The van der Waals surface area contributed by atoms with Crippen LogP contribution in [0.2, 0.25) is 0 Å². The molecule has 13 rings (SSSR count). The summed E-state index contributed by atoms with van der Waals surface area (Å²) in [7, 11) is 0. The Kier molecular flexibility index (Phi) is 7.67. The summed E-state index contributed by atoms with van der Waals surface area (Å²) in [5, 5.41) is 4.15. The van der Waals surface area contributed by atoms with Crippen LogP contribution in [0.5, 0.6) is 0 Å². The lowest BCUT2D eigenvalue weighted by atomic mass is 9.95. The van der Waals surface area contributed by atoms with Crippen molar-refractivity contribution in [2.45, 2.75) is 17.8 Å². The number of hydrogen-bond acceptors (Lipinski definition) is 0. The molecule has 3 aliphatic rings. The van der Waals surface area contributed by atoms with Crippen molar-refractivity contribution in [1.82, 2.24) is 0 Å². The average Bonchev–Trinajstić information content (AvgIpc) is 3.81. The molecule has 0 atom stereocenters. The maximum Gasteiger partial charge on any atom is 0.299 e. The molecule has 0 fully saturated rings. The van der Waals surface area contributed by atoms with E-state index in [1.165, 1.54) is 24.3 Å². The number of alkyl halides is 6. The minimum absolute atomic E-state index is 0.0928. The molecule has 0 bridgehead atoms. The van der Waals surface area contributed by atoms with Gasteiger partial charge in [-0.25, -0.2) is 0 Å². The Hall–Kier alpha value is -7.70.